The first-order valence-electron chi connectivity index (χ1n) is 9.11. The Morgan fingerprint density at radius 3 is 2.22 bits per heavy atom. The van der Waals surface area contributed by atoms with Gasteiger partial charge in [-0.1, -0.05) is 17.3 Å². The molecule has 0 spiro atoms. The summed E-state index contributed by atoms with van der Waals surface area (Å²) in [5, 5.41) is 20.7. The lowest BCUT2D eigenvalue weighted by atomic mass is 9.69. The zero-order valence-corrected chi connectivity index (χ0v) is 14.7. The average molecular weight is 357 g/mol. The zero-order valence-electron chi connectivity index (χ0n) is 14.7. The monoisotopic (exact) mass is 357 g/mol. The molecule has 2 aliphatic rings. The molecule has 0 bridgehead atoms. The fraction of sp³-hybridized carbons (Fsp3) is 0.238. The molecule has 1 saturated carbocycles. The maximum atomic E-state index is 9.46. The Kier molecular flexibility index (Phi) is 3.63. The topological polar surface area (TPSA) is 87.0 Å². The molecule has 0 amide bonds. The summed E-state index contributed by atoms with van der Waals surface area (Å²) in [7, 11) is 0. The molecule has 0 unspecified atom stereocenters. The van der Waals surface area contributed by atoms with Crippen LogP contribution in [0.25, 0.3) is 6.08 Å². The first-order chi connectivity index (χ1) is 13.3. The van der Waals surface area contributed by atoms with Crippen LogP contribution in [0.3, 0.4) is 0 Å². The molecule has 0 aromatic carbocycles. The van der Waals surface area contributed by atoms with E-state index in [1.165, 1.54) is 11.1 Å². The molecule has 6 nitrogen and oxygen atoms in total. The van der Waals surface area contributed by atoms with Crippen molar-refractivity contribution >= 4 is 11.8 Å². The van der Waals surface area contributed by atoms with Crippen molar-refractivity contribution in [3.63, 3.8) is 0 Å². The van der Waals surface area contributed by atoms with Crippen molar-refractivity contribution < 1.29 is 5.21 Å². The molecular weight excluding hydrogens is 338 g/mol. The van der Waals surface area contributed by atoms with Crippen LogP contribution in [0.15, 0.2) is 60.3 Å². The standard InChI is InChI=1S/C21H19N5O/c27-26-19(14-1-2-14)20-17-3-8-21(13-18(17)24-25-20,15-4-9-22-10-5-15)16-6-11-23-12-7-16/h3-12,14,27H,1-2,13H2,(H,24,25). The van der Waals surface area contributed by atoms with Gasteiger partial charge < -0.3 is 5.21 Å². The van der Waals surface area contributed by atoms with Gasteiger partial charge in [0.1, 0.15) is 11.4 Å². The molecule has 3 aromatic rings. The molecule has 0 saturated heterocycles. The Bertz CT molecular complexity index is 980. The van der Waals surface area contributed by atoms with Gasteiger partial charge in [-0.2, -0.15) is 5.10 Å². The van der Waals surface area contributed by atoms with Crippen molar-refractivity contribution in [2.24, 2.45) is 11.1 Å². The molecule has 134 valence electrons. The molecule has 1 fully saturated rings. The van der Waals surface area contributed by atoms with Crippen molar-refractivity contribution in [1.82, 2.24) is 20.2 Å². The van der Waals surface area contributed by atoms with E-state index in [2.05, 4.69) is 61.7 Å². The number of hydrogen-bond acceptors (Lipinski definition) is 5. The Balaban J connectivity index is 1.63. The van der Waals surface area contributed by atoms with Gasteiger partial charge in [0.2, 0.25) is 0 Å². The largest absolute Gasteiger partial charge is 0.411 e. The Morgan fingerprint density at radius 1 is 1.04 bits per heavy atom. The summed E-state index contributed by atoms with van der Waals surface area (Å²) in [6.07, 6.45) is 14.5. The fourth-order valence-electron chi connectivity index (χ4n) is 4.00. The fourth-order valence-corrected chi connectivity index (χ4v) is 4.00. The minimum Gasteiger partial charge on any atom is -0.411 e. The van der Waals surface area contributed by atoms with Crippen molar-refractivity contribution in [2.75, 3.05) is 0 Å². The van der Waals surface area contributed by atoms with Gasteiger partial charge in [0.05, 0.1) is 0 Å². The second kappa shape index (κ2) is 6.16. The van der Waals surface area contributed by atoms with E-state index in [9.17, 15) is 5.21 Å². The van der Waals surface area contributed by atoms with Crippen LogP contribution in [0.1, 0.15) is 40.9 Å². The number of H-pyrrole nitrogens is 1. The van der Waals surface area contributed by atoms with E-state index >= 15 is 0 Å². The maximum Gasteiger partial charge on any atom is 0.117 e. The summed E-state index contributed by atoms with van der Waals surface area (Å²) in [5.41, 5.74) is 5.54. The molecule has 0 atom stereocenters. The minimum absolute atomic E-state index is 0.321. The highest BCUT2D eigenvalue weighted by atomic mass is 16.4. The van der Waals surface area contributed by atoms with Crippen LogP contribution in [-0.4, -0.2) is 31.1 Å². The first kappa shape index (κ1) is 15.9. The molecule has 0 radical (unpaired) electrons. The number of hydrogen-bond donors (Lipinski definition) is 2. The van der Waals surface area contributed by atoms with Gasteiger partial charge in [0.15, 0.2) is 0 Å². The van der Waals surface area contributed by atoms with Crippen LogP contribution in [0.2, 0.25) is 0 Å². The van der Waals surface area contributed by atoms with E-state index < -0.39 is 0 Å². The third-order valence-electron chi connectivity index (χ3n) is 5.58. The Labute approximate surface area is 156 Å². The maximum absolute atomic E-state index is 9.46. The number of allylic oxidation sites excluding steroid dienone is 1. The number of oxime groups is 1. The van der Waals surface area contributed by atoms with Crippen LogP contribution >= 0.6 is 0 Å². The number of rotatable bonds is 4. The third-order valence-corrected chi connectivity index (χ3v) is 5.58. The normalized spacial score (nSPS) is 18.3. The van der Waals surface area contributed by atoms with Gasteiger partial charge in [-0.25, -0.2) is 0 Å². The number of pyridine rings is 2. The van der Waals surface area contributed by atoms with Gasteiger partial charge >= 0.3 is 0 Å². The van der Waals surface area contributed by atoms with E-state index in [0.29, 0.717) is 11.6 Å². The van der Waals surface area contributed by atoms with E-state index in [0.717, 1.165) is 36.2 Å². The van der Waals surface area contributed by atoms with E-state index in [4.69, 9.17) is 0 Å². The summed E-state index contributed by atoms with van der Waals surface area (Å²) in [6.45, 7) is 0. The lowest BCUT2D eigenvalue weighted by molar-refractivity contribution is 0.317. The summed E-state index contributed by atoms with van der Waals surface area (Å²) in [4.78, 5) is 8.35. The van der Waals surface area contributed by atoms with Crippen molar-refractivity contribution in [1.29, 1.82) is 0 Å². The van der Waals surface area contributed by atoms with Crippen LogP contribution in [0.4, 0.5) is 0 Å². The number of fused-ring (bicyclic) bond motifs is 1. The van der Waals surface area contributed by atoms with E-state index in [1.807, 2.05) is 24.8 Å². The second-order valence-corrected chi connectivity index (χ2v) is 7.18. The highest BCUT2D eigenvalue weighted by Gasteiger charge is 2.38. The quantitative estimate of drug-likeness (QED) is 0.426. The molecule has 0 aliphatic heterocycles. The number of aromatic nitrogens is 4. The second-order valence-electron chi connectivity index (χ2n) is 7.18. The Morgan fingerprint density at radius 2 is 1.67 bits per heavy atom. The van der Waals surface area contributed by atoms with Crippen LogP contribution in [0.5, 0.6) is 0 Å². The molecule has 27 heavy (non-hydrogen) atoms. The smallest absolute Gasteiger partial charge is 0.117 e. The highest BCUT2D eigenvalue weighted by molar-refractivity contribution is 6.04. The van der Waals surface area contributed by atoms with Crippen LogP contribution in [-0.2, 0) is 11.8 Å². The molecule has 3 heterocycles. The van der Waals surface area contributed by atoms with Gasteiger partial charge in [-0.05, 0) is 48.2 Å². The summed E-state index contributed by atoms with van der Waals surface area (Å²) >= 11 is 0. The van der Waals surface area contributed by atoms with Gasteiger partial charge in [0.25, 0.3) is 0 Å². The first-order valence-corrected chi connectivity index (χ1v) is 9.11. The number of nitrogens with zero attached hydrogens (tertiary/aromatic N) is 4. The van der Waals surface area contributed by atoms with Crippen molar-refractivity contribution in [3.05, 3.63) is 83.2 Å². The minimum atomic E-state index is -0.321. The predicted octanol–water partition coefficient (Wildman–Crippen LogP) is 3.34. The number of aromatic amines is 1. The Hall–Kier alpha value is -3.28. The lowest BCUT2D eigenvalue weighted by Crippen LogP contribution is -2.30. The highest BCUT2D eigenvalue weighted by Crippen LogP contribution is 2.42. The average Bonchev–Trinajstić information content (AvgIpc) is 3.49. The molecule has 6 heteroatoms. The van der Waals surface area contributed by atoms with Crippen molar-refractivity contribution in [2.45, 2.75) is 24.7 Å². The molecule has 2 N–H and O–H groups in total. The van der Waals surface area contributed by atoms with Crippen LogP contribution < -0.4 is 0 Å². The van der Waals surface area contributed by atoms with Gasteiger partial charge in [-0.3, -0.25) is 15.1 Å². The van der Waals surface area contributed by atoms with Gasteiger partial charge in [-0.15, -0.1) is 0 Å². The summed E-state index contributed by atoms with van der Waals surface area (Å²) < 4.78 is 0. The zero-order chi connectivity index (χ0) is 18.3. The molecule has 5 rings (SSSR count). The van der Waals surface area contributed by atoms with Crippen LogP contribution in [0, 0.1) is 5.92 Å². The predicted molar refractivity (Wildman–Crippen MR) is 102 cm³/mol. The SMILES string of the molecule is ON=C(c1n[nH]c2c1C=CC(c1ccncc1)(c1ccncc1)C2)C1CC1. The summed E-state index contributed by atoms with van der Waals surface area (Å²) in [6, 6.07) is 8.21. The van der Waals surface area contributed by atoms with Gasteiger partial charge in [0, 0.05) is 53.8 Å². The lowest BCUT2D eigenvalue weighted by Gasteiger charge is -2.34. The van der Waals surface area contributed by atoms with Crippen molar-refractivity contribution in [3.8, 4) is 0 Å². The molecule has 3 aromatic heterocycles. The molecular formula is C21H19N5O. The molecule has 2 aliphatic carbocycles. The number of nitrogens with one attached hydrogen (secondary N) is 1. The summed E-state index contributed by atoms with van der Waals surface area (Å²) in [5.74, 6) is 0.322. The third kappa shape index (κ3) is 2.56. The van der Waals surface area contributed by atoms with E-state index in [1.54, 1.807) is 0 Å². The van der Waals surface area contributed by atoms with E-state index in [-0.39, 0.29) is 5.41 Å².